The van der Waals surface area contributed by atoms with Crippen LogP contribution in [0.4, 0.5) is 4.39 Å². The molecule has 0 fully saturated rings. The minimum atomic E-state index is -0.251. The Morgan fingerprint density at radius 3 is 3.18 bits per heavy atom. The lowest BCUT2D eigenvalue weighted by Crippen LogP contribution is -1.81. The van der Waals surface area contributed by atoms with Crippen molar-refractivity contribution in [3.8, 4) is 0 Å². The number of aromatic nitrogens is 2. The van der Waals surface area contributed by atoms with Crippen LogP contribution in [0.5, 0.6) is 0 Å². The quantitative estimate of drug-likeness (QED) is 0.658. The van der Waals surface area contributed by atoms with Crippen LogP contribution in [0.25, 0.3) is 5.52 Å². The first-order valence-corrected chi connectivity index (χ1v) is 3.84. The fourth-order valence-electron chi connectivity index (χ4n) is 0.931. The molecule has 2 nitrogen and oxygen atoms in total. The Morgan fingerprint density at radius 2 is 2.36 bits per heavy atom. The molecule has 0 radical (unpaired) electrons. The van der Waals surface area contributed by atoms with Crippen LogP contribution in [0.3, 0.4) is 0 Å². The Hall–Kier alpha value is -0.900. The lowest BCUT2D eigenvalue weighted by atomic mass is 10.4. The SMILES string of the molecule is Fc1ccn2cnc(Br)c2c1. The maximum Gasteiger partial charge on any atom is 0.131 e. The highest BCUT2D eigenvalue weighted by atomic mass is 79.9. The van der Waals surface area contributed by atoms with E-state index in [1.54, 1.807) is 16.9 Å². The summed E-state index contributed by atoms with van der Waals surface area (Å²) in [7, 11) is 0. The molecule has 0 aliphatic carbocycles. The van der Waals surface area contributed by atoms with Crippen LogP contribution < -0.4 is 0 Å². The zero-order valence-electron chi connectivity index (χ0n) is 5.46. The monoisotopic (exact) mass is 214 g/mol. The van der Waals surface area contributed by atoms with E-state index in [9.17, 15) is 4.39 Å². The molecule has 0 saturated heterocycles. The van der Waals surface area contributed by atoms with E-state index in [2.05, 4.69) is 20.9 Å². The molecule has 11 heavy (non-hydrogen) atoms. The average molecular weight is 215 g/mol. The van der Waals surface area contributed by atoms with Crippen LogP contribution in [0.1, 0.15) is 0 Å². The molecule has 2 rings (SSSR count). The molecule has 0 unspecified atom stereocenters. The summed E-state index contributed by atoms with van der Waals surface area (Å²) >= 11 is 3.20. The third-order valence-corrected chi connectivity index (χ3v) is 2.06. The number of fused-ring (bicyclic) bond motifs is 1. The van der Waals surface area contributed by atoms with E-state index in [-0.39, 0.29) is 5.82 Å². The Labute approximate surface area is 70.8 Å². The Bertz CT molecular complexity index is 396. The highest BCUT2D eigenvalue weighted by Crippen LogP contribution is 2.15. The standard InChI is InChI=1S/C7H4BrFN2/c8-7-6-3-5(9)1-2-11(6)4-10-7/h1-4H. The predicted molar refractivity (Wildman–Crippen MR) is 42.9 cm³/mol. The van der Waals surface area contributed by atoms with Crippen LogP contribution in [0.2, 0.25) is 0 Å². The van der Waals surface area contributed by atoms with E-state index < -0.39 is 0 Å². The Kier molecular flexibility index (Phi) is 1.42. The first-order valence-electron chi connectivity index (χ1n) is 3.05. The third-order valence-electron chi connectivity index (χ3n) is 1.45. The van der Waals surface area contributed by atoms with Crippen molar-refractivity contribution < 1.29 is 4.39 Å². The lowest BCUT2D eigenvalue weighted by molar-refractivity contribution is 0.627. The molecule has 0 bridgehead atoms. The second-order valence-corrected chi connectivity index (χ2v) is 2.92. The van der Waals surface area contributed by atoms with Gasteiger partial charge in [-0.3, -0.25) is 0 Å². The lowest BCUT2D eigenvalue weighted by Gasteiger charge is -1.91. The topological polar surface area (TPSA) is 17.3 Å². The van der Waals surface area contributed by atoms with Crippen LogP contribution in [0.15, 0.2) is 29.3 Å². The fourth-order valence-corrected chi connectivity index (χ4v) is 1.34. The van der Waals surface area contributed by atoms with E-state index in [4.69, 9.17) is 0 Å². The van der Waals surface area contributed by atoms with Gasteiger partial charge in [-0.25, -0.2) is 9.37 Å². The molecule has 0 spiro atoms. The van der Waals surface area contributed by atoms with Crippen LogP contribution in [-0.4, -0.2) is 9.38 Å². The van der Waals surface area contributed by atoms with Crippen LogP contribution in [0, 0.1) is 5.82 Å². The van der Waals surface area contributed by atoms with E-state index in [1.807, 2.05) is 0 Å². The molecule has 0 aliphatic rings. The maximum absolute atomic E-state index is 12.6. The van der Waals surface area contributed by atoms with Crippen molar-refractivity contribution in [2.24, 2.45) is 0 Å². The van der Waals surface area contributed by atoms with E-state index in [0.717, 1.165) is 5.52 Å². The highest BCUT2D eigenvalue weighted by molar-refractivity contribution is 9.10. The van der Waals surface area contributed by atoms with Gasteiger partial charge in [0.2, 0.25) is 0 Å². The van der Waals surface area contributed by atoms with Gasteiger partial charge < -0.3 is 4.40 Å². The molecule has 0 amide bonds. The number of rotatable bonds is 0. The van der Waals surface area contributed by atoms with Gasteiger partial charge in [0.15, 0.2) is 0 Å². The summed E-state index contributed by atoms with van der Waals surface area (Å²) in [5.74, 6) is -0.251. The first kappa shape index (κ1) is 6.79. The number of pyridine rings is 1. The summed E-state index contributed by atoms with van der Waals surface area (Å²) in [4.78, 5) is 3.95. The third kappa shape index (κ3) is 1.03. The average Bonchev–Trinajstić information content (AvgIpc) is 2.33. The van der Waals surface area contributed by atoms with Crippen molar-refractivity contribution in [3.05, 3.63) is 35.1 Å². The molecule has 4 heteroatoms. The molecule has 2 heterocycles. The first-order chi connectivity index (χ1) is 5.27. The minimum Gasteiger partial charge on any atom is -0.305 e. The van der Waals surface area contributed by atoms with Gasteiger partial charge in [0.25, 0.3) is 0 Å². The van der Waals surface area contributed by atoms with Gasteiger partial charge in [-0.15, -0.1) is 0 Å². The van der Waals surface area contributed by atoms with Crippen molar-refractivity contribution >= 4 is 21.4 Å². The van der Waals surface area contributed by atoms with Crippen molar-refractivity contribution in [1.82, 2.24) is 9.38 Å². The molecule has 0 atom stereocenters. The summed E-state index contributed by atoms with van der Waals surface area (Å²) in [6.07, 6.45) is 3.25. The summed E-state index contributed by atoms with van der Waals surface area (Å²) in [5, 5.41) is 0. The molecule has 0 saturated carbocycles. The number of nitrogens with zero attached hydrogens (tertiary/aromatic N) is 2. The summed E-state index contributed by atoms with van der Waals surface area (Å²) in [6, 6.07) is 2.82. The number of hydrogen-bond acceptors (Lipinski definition) is 1. The van der Waals surface area contributed by atoms with Gasteiger partial charge in [-0.2, -0.15) is 0 Å². The smallest absolute Gasteiger partial charge is 0.131 e. The van der Waals surface area contributed by atoms with Gasteiger partial charge in [-0.05, 0) is 22.0 Å². The van der Waals surface area contributed by atoms with E-state index in [1.165, 1.54) is 12.1 Å². The van der Waals surface area contributed by atoms with Crippen molar-refractivity contribution in [2.75, 3.05) is 0 Å². The van der Waals surface area contributed by atoms with E-state index in [0.29, 0.717) is 4.60 Å². The second-order valence-electron chi connectivity index (χ2n) is 2.17. The summed E-state index contributed by atoms with van der Waals surface area (Å²) in [5.41, 5.74) is 0.741. The molecule has 2 aromatic heterocycles. The Morgan fingerprint density at radius 1 is 1.55 bits per heavy atom. The summed E-state index contributed by atoms with van der Waals surface area (Å²) in [6.45, 7) is 0. The molecule has 56 valence electrons. The van der Waals surface area contributed by atoms with Gasteiger partial charge in [-0.1, -0.05) is 0 Å². The van der Waals surface area contributed by atoms with Gasteiger partial charge >= 0.3 is 0 Å². The largest absolute Gasteiger partial charge is 0.305 e. The van der Waals surface area contributed by atoms with Gasteiger partial charge in [0.1, 0.15) is 16.7 Å². The molecular weight excluding hydrogens is 211 g/mol. The molecule has 0 N–H and O–H groups in total. The van der Waals surface area contributed by atoms with Crippen LogP contribution in [-0.2, 0) is 0 Å². The van der Waals surface area contributed by atoms with Crippen molar-refractivity contribution in [1.29, 1.82) is 0 Å². The van der Waals surface area contributed by atoms with Crippen molar-refractivity contribution in [3.63, 3.8) is 0 Å². The molecular formula is C7H4BrFN2. The normalized spacial score (nSPS) is 10.7. The zero-order valence-corrected chi connectivity index (χ0v) is 7.05. The zero-order chi connectivity index (χ0) is 7.84. The number of halogens is 2. The second kappa shape index (κ2) is 2.30. The fraction of sp³-hybridized carbons (Fsp3) is 0. The molecule has 2 aromatic rings. The predicted octanol–water partition coefficient (Wildman–Crippen LogP) is 2.24. The van der Waals surface area contributed by atoms with E-state index >= 15 is 0 Å². The Balaban J connectivity index is 2.87. The minimum absolute atomic E-state index is 0.251. The molecule has 0 aromatic carbocycles. The maximum atomic E-state index is 12.6. The van der Waals surface area contributed by atoms with Gasteiger partial charge in [0, 0.05) is 12.3 Å². The highest BCUT2D eigenvalue weighted by Gasteiger charge is 2.00. The number of imidazole rings is 1. The molecule has 0 aliphatic heterocycles. The van der Waals surface area contributed by atoms with Crippen LogP contribution >= 0.6 is 15.9 Å². The summed E-state index contributed by atoms with van der Waals surface area (Å²) < 4.78 is 15.0. The number of hydrogen-bond donors (Lipinski definition) is 0. The van der Waals surface area contributed by atoms with Gasteiger partial charge in [0.05, 0.1) is 5.52 Å². The van der Waals surface area contributed by atoms with Crippen molar-refractivity contribution in [2.45, 2.75) is 0 Å².